The van der Waals surface area contributed by atoms with Gasteiger partial charge in [-0.2, -0.15) is 0 Å². The van der Waals surface area contributed by atoms with Gasteiger partial charge in [-0.1, -0.05) is 11.6 Å². The summed E-state index contributed by atoms with van der Waals surface area (Å²) >= 11 is 6.10. The highest BCUT2D eigenvalue weighted by Gasteiger charge is 2.16. The molecule has 2 N–H and O–H groups in total. The van der Waals surface area contributed by atoms with Crippen molar-refractivity contribution >= 4 is 29.5 Å². The molecular formula is C14H15ClN2O4. The largest absolute Gasteiger partial charge is 0.486 e. The van der Waals surface area contributed by atoms with Gasteiger partial charge < -0.3 is 20.1 Å². The number of hydrogen-bond donors (Lipinski definition) is 1. The smallest absolute Gasteiger partial charge is 0.246 e. The third kappa shape index (κ3) is 3.88. The predicted octanol–water partition coefficient (Wildman–Crippen LogP) is 1.07. The van der Waals surface area contributed by atoms with Crippen LogP contribution in [-0.2, 0) is 9.59 Å². The van der Waals surface area contributed by atoms with Gasteiger partial charge in [0.2, 0.25) is 11.8 Å². The summed E-state index contributed by atoms with van der Waals surface area (Å²) in [6.45, 7) is 0.778. The van der Waals surface area contributed by atoms with E-state index in [1.165, 1.54) is 18.0 Å². The molecule has 7 heteroatoms. The second kappa shape index (κ2) is 6.49. The molecule has 1 aliphatic heterocycles. The lowest BCUT2D eigenvalue weighted by Gasteiger charge is -2.19. The van der Waals surface area contributed by atoms with Crippen LogP contribution in [0.1, 0.15) is 5.56 Å². The number of nitrogens with zero attached hydrogens (tertiary/aromatic N) is 1. The lowest BCUT2D eigenvalue weighted by Crippen LogP contribution is -2.34. The Labute approximate surface area is 127 Å². The van der Waals surface area contributed by atoms with Crippen LogP contribution in [-0.4, -0.2) is 43.5 Å². The number of ether oxygens (including phenoxy) is 2. The van der Waals surface area contributed by atoms with Gasteiger partial charge in [0, 0.05) is 13.1 Å². The van der Waals surface area contributed by atoms with E-state index in [4.69, 9.17) is 26.8 Å². The Kier molecular flexibility index (Phi) is 4.70. The van der Waals surface area contributed by atoms with Gasteiger partial charge in [-0.15, -0.1) is 0 Å². The van der Waals surface area contributed by atoms with Crippen LogP contribution in [0.25, 0.3) is 6.08 Å². The SMILES string of the molecule is CN(CC(N)=O)C(=O)/C=C\c1cc(Cl)c2c(c1)OCCO2. The van der Waals surface area contributed by atoms with Crippen molar-refractivity contribution in [2.24, 2.45) is 5.73 Å². The molecule has 0 saturated carbocycles. The number of hydrogen-bond acceptors (Lipinski definition) is 4. The summed E-state index contributed by atoms with van der Waals surface area (Å²) in [5.74, 6) is 0.157. The molecule has 0 saturated heterocycles. The minimum Gasteiger partial charge on any atom is -0.486 e. The molecule has 0 spiro atoms. The number of rotatable bonds is 4. The summed E-state index contributed by atoms with van der Waals surface area (Å²) in [6.07, 6.45) is 2.93. The molecule has 0 fully saturated rings. The van der Waals surface area contributed by atoms with Gasteiger partial charge in [-0.05, 0) is 23.8 Å². The first kappa shape index (κ1) is 15.2. The van der Waals surface area contributed by atoms with Crippen LogP contribution < -0.4 is 15.2 Å². The van der Waals surface area contributed by atoms with E-state index in [1.807, 2.05) is 0 Å². The lowest BCUT2D eigenvalue weighted by molar-refractivity contribution is -0.129. The van der Waals surface area contributed by atoms with Crippen molar-refractivity contribution in [2.75, 3.05) is 26.8 Å². The minimum atomic E-state index is -0.568. The third-order valence-electron chi connectivity index (χ3n) is 2.81. The maximum Gasteiger partial charge on any atom is 0.246 e. The van der Waals surface area contributed by atoms with Crippen molar-refractivity contribution in [3.05, 3.63) is 28.8 Å². The number of halogens is 1. The Morgan fingerprint density at radius 1 is 1.38 bits per heavy atom. The molecule has 1 heterocycles. The first-order chi connectivity index (χ1) is 9.97. The minimum absolute atomic E-state index is 0.134. The van der Waals surface area contributed by atoms with E-state index in [9.17, 15) is 9.59 Å². The van der Waals surface area contributed by atoms with Crippen LogP contribution in [0.3, 0.4) is 0 Å². The second-order valence-corrected chi connectivity index (χ2v) is 4.93. The number of nitrogens with two attached hydrogens (primary N) is 1. The van der Waals surface area contributed by atoms with Gasteiger partial charge in [0.15, 0.2) is 11.5 Å². The Hall–Kier alpha value is -2.21. The van der Waals surface area contributed by atoms with Gasteiger partial charge in [-0.3, -0.25) is 9.59 Å². The van der Waals surface area contributed by atoms with Gasteiger partial charge in [0.25, 0.3) is 0 Å². The first-order valence-electron chi connectivity index (χ1n) is 6.28. The van der Waals surface area contributed by atoms with Crippen LogP contribution in [0.4, 0.5) is 0 Å². The van der Waals surface area contributed by atoms with Crippen molar-refractivity contribution in [3.63, 3.8) is 0 Å². The standard InChI is InChI=1S/C14H15ClN2O4/c1-17(8-12(16)18)13(19)3-2-9-6-10(15)14-11(7-9)20-4-5-21-14/h2-3,6-7H,4-5,8H2,1H3,(H2,16,18)/b3-2-. The van der Waals surface area contributed by atoms with Gasteiger partial charge in [-0.25, -0.2) is 0 Å². The average Bonchev–Trinajstić information content (AvgIpc) is 2.44. The molecular weight excluding hydrogens is 296 g/mol. The molecule has 2 amide bonds. The molecule has 0 aromatic heterocycles. The number of carbonyl (C=O) groups is 2. The lowest BCUT2D eigenvalue weighted by atomic mass is 10.1. The van der Waals surface area contributed by atoms with Crippen molar-refractivity contribution in [2.45, 2.75) is 0 Å². The summed E-state index contributed by atoms with van der Waals surface area (Å²) in [4.78, 5) is 23.7. The molecule has 112 valence electrons. The summed E-state index contributed by atoms with van der Waals surface area (Å²) in [5.41, 5.74) is 5.73. The van der Waals surface area contributed by atoms with E-state index in [1.54, 1.807) is 18.2 Å². The maximum absolute atomic E-state index is 11.8. The van der Waals surface area contributed by atoms with Crippen LogP contribution in [0.15, 0.2) is 18.2 Å². The topological polar surface area (TPSA) is 81.9 Å². The molecule has 1 aromatic rings. The summed E-state index contributed by atoms with van der Waals surface area (Å²) in [5, 5.41) is 0.421. The zero-order chi connectivity index (χ0) is 15.4. The molecule has 21 heavy (non-hydrogen) atoms. The van der Waals surface area contributed by atoms with Crippen molar-refractivity contribution < 1.29 is 19.1 Å². The van der Waals surface area contributed by atoms with Gasteiger partial charge in [0.05, 0.1) is 11.6 Å². The second-order valence-electron chi connectivity index (χ2n) is 4.52. The van der Waals surface area contributed by atoms with E-state index in [2.05, 4.69) is 0 Å². The molecule has 1 aromatic carbocycles. The zero-order valence-corrected chi connectivity index (χ0v) is 12.2. The Balaban J connectivity index is 2.12. The molecule has 0 aliphatic carbocycles. The predicted molar refractivity (Wildman–Crippen MR) is 78.3 cm³/mol. The zero-order valence-electron chi connectivity index (χ0n) is 11.5. The van der Waals surface area contributed by atoms with Crippen LogP contribution >= 0.6 is 11.6 Å². The summed E-state index contributed by atoms with van der Waals surface area (Å²) in [7, 11) is 1.49. The fraction of sp³-hybridized carbons (Fsp3) is 0.286. The Morgan fingerprint density at radius 3 is 2.81 bits per heavy atom. The fourth-order valence-corrected chi connectivity index (χ4v) is 2.11. The van der Waals surface area contributed by atoms with Crippen LogP contribution in [0, 0.1) is 0 Å². The van der Waals surface area contributed by atoms with Crippen molar-refractivity contribution in [1.29, 1.82) is 0 Å². The molecule has 6 nitrogen and oxygen atoms in total. The molecule has 2 rings (SSSR count). The third-order valence-corrected chi connectivity index (χ3v) is 3.09. The Bertz CT molecular complexity index is 601. The molecule has 0 radical (unpaired) electrons. The average molecular weight is 311 g/mol. The number of carbonyl (C=O) groups excluding carboxylic acids is 2. The van der Waals surface area contributed by atoms with Crippen LogP contribution in [0.2, 0.25) is 5.02 Å². The summed E-state index contributed by atoms with van der Waals surface area (Å²) in [6, 6.07) is 3.41. The fourth-order valence-electron chi connectivity index (χ4n) is 1.83. The van der Waals surface area contributed by atoms with Crippen molar-refractivity contribution in [3.8, 4) is 11.5 Å². The highest BCUT2D eigenvalue weighted by atomic mass is 35.5. The molecule has 0 bridgehead atoms. The first-order valence-corrected chi connectivity index (χ1v) is 6.66. The highest BCUT2D eigenvalue weighted by molar-refractivity contribution is 6.32. The number of fused-ring (bicyclic) bond motifs is 1. The van der Waals surface area contributed by atoms with Gasteiger partial charge >= 0.3 is 0 Å². The number of primary amides is 1. The molecule has 1 aliphatic rings. The number of likely N-dealkylation sites (N-methyl/N-ethyl adjacent to an activating group) is 1. The normalized spacial score (nSPS) is 13.2. The molecule has 0 atom stereocenters. The van der Waals surface area contributed by atoms with E-state index in [-0.39, 0.29) is 12.5 Å². The van der Waals surface area contributed by atoms with E-state index >= 15 is 0 Å². The monoisotopic (exact) mass is 310 g/mol. The quantitative estimate of drug-likeness (QED) is 0.843. The molecule has 0 unspecified atom stereocenters. The highest BCUT2D eigenvalue weighted by Crippen LogP contribution is 2.38. The van der Waals surface area contributed by atoms with Gasteiger partial charge in [0.1, 0.15) is 13.2 Å². The van der Waals surface area contributed by atoms with Crippen LogP contribution in [0.5, 0.6) is 11.5 Å². The van der Waals surface area contributed by atoms with E-state index < -0.39 is 5.91 Å². The summed E-state index contributed by atoms with van der Waals surface area (Å²) < 4.78 is 10.9. The van der Waals surface area contributed by atoms with Crippen molar-refractivity contribution in [1.82, 2.24) is 4.90 Å². The number of amides is 2. The number of benzene rings is 1. The van der Waals surface area contributed by atoms with E-state index in [0.717, 1.165) is 0 Å². The Morgan fingerprint density at radius 2 is 2.10 bits per heavy atom. The maximum atomic E-state index is 11.8. The van der Waals surface area contributed by atoms with E-state index in [0.29, 0.717) is 35.3 Å².